The summed E-state index contributed by atoms with van der Waals surface area (Å²) in [5, 5.41) is 2.47. The molecule has 5 nitrogen and oxygen atoms in total. The van der Waals surface area contributed by atoms with Crippen LogP contribution in [0.15, 0.2) is 76.6 Å². The Bertz CT molecular complexity index is 1480. The molecule has 0 fully saturated rings. The van der Waals surface area contributed by atoms with Crippen LogP contribution in [0.5, 0.6) is 0 Å². The van der Waals surface area contributed by atoms with Crippen molar-refractivity contribution in [2.75, 3.05) is 0 Å². The van der Waals surface area contributed by atoms with E-state index in [0.717, 1.165) is 43.2 Å². The third-order valence-electron chi connectivity index (χ3n) is 5.24. The first-order valence-corrected chi connectivity index (χ1v) is 12.8. The Morgan fingerprint density at radius 3 is 2.58 bits per heavy atom. The van der Waals surface area contributed by atoms with Crippen molar-refractivity contribution in [3.63, 3.8) is 0 Å². The Balaban J connectivity index is 1.60. The SMILES string of the molecule is Cc1[nH]c2ccc(C(=O)NS(=O)(=O)/C=C/c3ccccc3)cc2c1Cc1ccc(Br)cc1Cl. The smallest absolute Gasteiger partial charge is 0.265 e. The monoisotopic (exact) mass is 542 g/mol. The van der Waals surface area contributed by atoms with Gasteiger partial charge in [0, 0.05) is 38.1 Å². The number of H-pyrrole nitrogens is 1. The normalized spacial score (nSPS) is 11.8. The van der Waals surface area contributed by atoms with Crippen molar-refractivity contribution in [2.24, 2.45) is 0 Å². The van der Waals surface area contributed by atoms with Crippen LogP contribution < -0.4 is 4.72 Å². The molecule has 2 N–H and O–H groups in total. The highest BCUT2D eigenvalue weighted by Crippen LogP contribution is 2.29. The van der Waals surface area contributed by atoms with Crippen molar-refractivity contribution in [1.82, 2.24) is 9.71 Å². The van der Waals surface area contributed by atoms with Crippen LogP contribution in [-0.2, 0) is 16.4 Å². The molecule has 0 saturated heterocycles. The largest absolute Gasteiger partial charge is 0.358 e. The Morgan fingerprint density at radius 2 is 1.85 bits per heavy atom. The first-order valence-electron chi connectivity index (χ1n) is 10.1. The number of hydrogen-bond acceptors (Lipinski definition) is 3. The predicted octanol–water partition coefficient (Wildman–Crippen LogP) is 6.21. The molecule has 4 aromatic rings. The fraction of sp³-hybridized carbons (Fsp3) is 0.0800. The van der Waals surface area contributed by atoms with Crippen LogP contribution in [0.1, 0.15) is 32.7 Å². The number of sulfonamides is 1. The summed E-state index contributed by atoms with van der Waals surface area (Å²) in [6.07, 6.45) is 2.01. The molecule has 0 spiro atoms. The minimum atomic E-state index is -3.95. The van der Waals surface area contributed by atoms with Gasteiger partial charge in [-0.25, -0.2) is 13.1 Å². The molecule has 1 aromatic heterocycles. The number of carbonyl (C=O) groups is 1. The van der Waals surface area contributed by atoms with Crippen LogP contribution >= 0.6 is 27.5 Å². The van der Waals surface area contributed by atoms with Crippen LogP contribution in [0.4, 0.5) is 0 Å². The van der Waals surface area contributed by atoms with Gasteiger partial charge in [-0.1, -0.05) is 63.9 Å². The summed E-state index contributed by atoms with van der Waals surface area (Å²) in [6, 6.07) is 19.8. The average Bonchev–Trinajstić information content (AvgIpc) is 3.09. The van der Waals surface area contributed by atoms with Crippen molar-refractivity contribution in [3.8, 4) is 0 Å². The van der Waals surface area contributed by atoms with Crippen LogP contribution in [-0.4, -0.2) is 19.3 Å². The number of nitrogens with one attached hydrogen (secondary N) is 2. The zero-order valence-corrected chi connectivity index (χ0v) is 20.8. The number of aryl methyl sites for hydroxylation is 1. The van der Waals surface area contributed by atoms with Crippen molar-refractivity contribution >= 4 is 60.4 Å². The molecule has 0 aliphatic rings. The molecule has 0 atom stereocenters. The molecule has 8 heteroatoms. The lowest BCUT2D eigenvalue weighted by molar-refractivity contribution is 0.0982. The van der Waals surface area contributed by atoms with Crippen LogP contribution in [0.25, 0.3) is 17.0 Å². The molecule has 1 heterocycles. The molecule has 168 valence electrons. The maximum Gasteiger partial charge on any atom is 0.265 e. The van der Waals surface area contributed by atoms with E-state index in [0.29, 0.717) is 11.4 Å². The van der Waals surface area contributed by atoms with E-state index in [2.05, 4.69) is 25.6 Å². The van der Waals surface area contributed by atoms with Crippen LogP contribution in [0.2, 0.25) is 5.02 Å². The Labute approximate surface area is 205 Å². The van der Waals surface area contributed by atoms with Gasteiger partial charge in [0.05, 0.1) is 5.41 Å². The number of fused-ring (bicyclic) bond motifs is 1. The van der Waals surface area contributed by atoms with E-state index in [-0.39, 0.29) is 5.56 Å². The average molecular weight is 544 g/mol. The zero-order chi connectivity index (χ0) is 23.6. The molecule has 33 heavy (non-hydrogen) atoms. The number of carbonyl (C=O) groups excluding carboxylic acids is 1. The number of aromatic nitrogens is 1. The minimum absolute atomic E-state index is 0.251. The maximum absolute atomic E-state index is 12.7. The highest BCUT2D eigenvalue weighted by Gasteiger charge is 2.17. The van der Waals surface area contributed by atoms with Gasteiger partial charge in [-0.05, 0) is 60.0 Å². The molecule has 4 rings (SSSR count). The number of rotatable bonds is 6. The second-order valence-electron chi connectivity index (χ2n) is 7.59. The van der Waals surface area contributed by atoms with E-state index in [1.165, 1.54) is 6.08 Å². The highest BCUT2D eigenvalue weighted by atomic mass is 79.9. The summed E-state index contributed by atoms with van der Waals surface area (Å²) in [6.45, 7) is 1.96. The third-order valence-corrected chi connectivity index (χ3v) is 7.05. The summed E-state index contributed by atoms with van der Waals surface area (Å²) in [7, 11) is -3.95. The van der Waals surface area contributed by atoms with E-state index in [4.69, 9.17) is 11.6 Å². The number of benzene rings is 3. The molecule has 0 aliphatic carbocycles. The molecule has 0 bridgehead atoms. The van der Waals surface area contributed by atoms with Gasteiger partial charge < -0.3 is 4.98 Å². The fourth-order valence-electron chi connectivity index (χ4n) is 3.56. The van der Waals surface area contributed by atoms with Crippen molar-refractivity contribution in [1.29, 1.82) is 0 Å². The quantitative estimate of drug-likeness (QED) is 0.303. The van der Waals surface area contributed by atoms with Gasteiger partial charge in [-0.3, -0.25) is 4.79 Å². The van der Waals surface area contributed by atoms with Gasteiger partial charge in [0.15, 0.2) is 0 Å². The summed E-state index contributed by atoms with van der Waals surface area (Å²) < 4.78 is 27.8. The van der Waals surface area contributed by atoms with E-state index in [9.17, 15) is 13.2 Å². The van der Waals surface area contributed by atoms with Crippen molar-refractivity contribution < 1.29 is 13.2 Å². The summed E-state index contributed by atoms with van der Waals surface area (Å²) in [5.41, 5.74) is 4.74. The van der Waals surface area contributed by atoms with Gasteiger partial charge in [-0.2, -0.15) is 0 Å². The van der Waals surface area contributed by atoms with Gasteiger partial charge >= 0.3 is 0 Å². The van der Waals surface area contributed by atoms with Crippen molar-refractivity contribution in [3.05, 3.63) is 110 Å². The predicted molar refractivity (Wildman–Crippen MR) is 137 cm³/mol. The second-order valence-corrected chi connectivity index (χ2v) is 10.5. The fourth-order valence-corrected chi connectivity index (χ4v) is 5.08. The second kappa shape index (κ2) is 9.55. The lowest BCUT2D eigenvalue weighted by atomic mass is 10.0. The Hall–Kier alpha value is -2.87. The number of hydrogen-bond donors (Lipinski definition) is 2. The summed E-state index contributed by atoms with van der Waals surface area (Å²) in [5.74, 6) is -0.693. The van der Waals surface area contributed by atoms with Gasteiger partial charge in [-0.15, -0.1) is 0 Å². The molecule has 0 radical (unpaired) electrons. The molecule has 0 saturated carbocycles. The standard InChI is InChI=1S/C25H20BrClN2O3S/c1-16-21(13-18-7-9-20(26)15-23(18)27)22-14-19(8-10-24(22)28-16)25(30)29-33(31,32)12-11-17-5-3-2-4-6-17/h2-12,14-15,28H,13H2,1H3,(H,29,30)/b12-11+. The molecule has 0 aliphatic heterocycles. The molecule has 3 aromatic carbocycles. The van der Waals surface area contributed by atoms with Crippen molar-refractivity contribution in [2.45, 2.75) is 13.3 Å². The topological polar surface area (TPSA) is 79.0 Å². The first kappa shape index (κ1) is 23.3. The van der Waals surface area contributed by atoms with Gasteiger partial charge in [0.2, 0.25) is 0 Å². The van der Waals surface area contributed by atoms with E-state index < -0.39 is 15.9 Å². The molecular formula is C25H20BrClN2O3S. The highest BCUT2D eigenvalue weighted by molar-refractivity contribution is 9.10. The van der Waals surface area contributed by atoms with Gasteiger partial charge in [0.25, 0.3) is 15.9 Å². The number of halogens is 2. The van der Waals surface area contributed by atoms with E-state index in [1.54, 1.807) is 42.5 Å². The molecule has 1 amide bonds. The van der Waals surface area contributed by atoms with E-state index >= 15 is 0 Å². The Kier molecular flexibility index (Phi) is 6.74. The zero-order valence-electron chi connectivity index (χ0n) is 17.6. The minimum Gasteiger partial charge on any atom is -0.358 e. The lowest BCUT2D eigenvalue weighted by Crippen LogP contribution is -2.28. The summed E-state index contributed by atoms with van der Waals surface area (Å²) in [4.78, 5) is 16.0. The van der Waals surface area contributed by atoms with Crippen LogP contribution in [0, 0.1) is 6.92 Å². The first-order chi connectivity index (χ1) is 15.7. The van der Waals surface area contributed by atoms with E-state index in [1.807, 2.05) is 31.2 Å². The summed E-state index contributed by atoms with van der Waals surface area (Å²) >= 11 is 9.81. The lowest BCUT2D eigenvalue weighted by Gasteiger charge is -2.07. The number of amides is 1. The van der Waals surface area contributed by atoms with Gasteiger partial charge in [0.1, 0.15) is 0 Å². The number of aromatic amines is 1. The molecule has 0 unspecified atom stereocenters. The maximum atomic E-state index is 12.7. The third kappa shape index (κ3) is 5.55. The molecular weight excluding hydrogens is 524 g/mol. The Morgan fingerprint density at radius 1 is 1.09 bits per heavy atom. The van der Waals surface area contributed by atoms with Crippen LogP contribution in [0.3, 0.4) is 0 Å².